The van der Waals surface area contributed by atoms with Gasteiger partial charge in [0, 0.05) is 24.9 Å². The van der Waals surface area contributed by atoms with E-state index in [9.17, 15) is 9.59 Å². The molecule has 0 radical (unpaired) electrons. The van der Waals surface area contributed by atoms with E-state index in [1.165, 1.54) is 0 Å². The van der Waals surface area contributed by atoms with E-state index in [4.69, 9.17) is 5.11 Å². The number of carbonyl (C=O) groups is 2. The van der Waals surface area contributed by atoms with E-state index in [0.717, 1.165) is 18.5 Å². The molecular weight excluding hydrogens is 248 g/mol. The molecule has 7 nitrogen and oxygen atoms in total. The summed E-state index contributed by atoms with van der Waals surface area (Å²) in [6.07, 6.45) is 5.99. The van der Waals surface area contributed by atoms with Crippen LogP contribution in [-0.2, 0) is 11.2 Å². The number of unbranched alkanes of at least 4 members (excludes halogenated alkanes) is 1. The highest BCUT2D eigenvalue weighted by atomic mass is 16.4. The summed E-state index contributed by atoms with van der Waals surface area (Å²) in [5, 5.41) is 14.0. The van der Waals surface area contributed by atoms with Crippen LogP contribution in [0.2, 0.25) is 0 Å². The van der Waals surface area contributed by atoms with Crippen molar-refractivity contribution in [1.82, 2.24) is 20.6 Å². The second-order valence-electron chi connectivity index (χ2n) is 4.26. The van der Waals surface area contributed by atoms with Gasteiger partial charge in [-0.25, -0.2) is 14.6 Å². The lowest BCUT2D eigenvalue weighted by atomic mass is 10.1. The average Bonchev–Trinajstić information content (AvgIpc) is 2.87. The maximum atomic E-state index is 11.5. The Labute approximate surface area is 111 Å². The summed E-state index contributed by atoms with van der Waals surface area (Å²) in [5.74, 6) is -1.00. The molecule has 2 amide bonds. The zero-order valence-electron chi connectivity index (χ0n) is 11.0. The number of aromatic nitrogens is 2. The van der Waals surface area contributed by atoms with E-state index in [0.29, 0.717) is 19.4 Å². The first-order valence-electron chi connectivity index (χ1n) is 6.38. The van der Waals surface area contributed by atoms with Crippen LogP contribution in [0.15, 0.2) is 12.5 Å². The Bertz CT molecular complexity index is 392. The normalized spacial score (nSPS) is 11.8. The fourth-order valence-corrected chi connectivity index (χ4v) is 1.61. The lowest BCUT2D eigenvalue weighted by Crippen LogP contribution is -2.46. The number of H-pyrrole nitrogens is 1. The molecule has 0 aromatic carbocycles. The van der Waals surface area contributed by atoms with Gasteiger partial charge in [-0.1, -0.05) is 19.8 Å². The molecule has 1 atom stereocenters. The van der Waals surface area contributed by atoms with Crippen molar-refractivity contribution in [2.24, 2.45) is 0 Å². The van der Waals surface area contributed by atoms with Crippen molar-refractivity contribution in [2.45, 2.75) is 38.6 Å². The molecule has 0 bridgehead atoms. The molecule has 4 N–H and O–H groups in total. The van der Waals surface area contributed by atoms with Crippen LogP contribution in [0.3, 0.4) is 0 Å². The smallest absolute Gasteiger partial charge is 0.326 e. The van der Waals surface area contributed by atoms with Crippen LogP contribution in [0.1, 0.15) is 31.9 Å². The second-order valence-corrected chi connectivity index (χ2v) is 4.26. The fraction of sp³-hybridized carbons (Fsp3) is 0.583. The number of aliphatic carboxylic acids is 1. The Kier molecular flexibility index (Phi) is 6.42. The number of amides is 2. The molecule has 0 aliphatic heterocycles. The Hall–Kier alpha value is -2.05. The molecule has 1 heterocycles. The fourth-order valence-electron chi connectivity index (χ4n) is 1.61. The first-order valence-corrected chi connectivity index (χ1v) is 6.38. The van der Waals surface area contributed by atoms with Crippen molar-refractivity contribution in [3.05, 3.63) is 18.2 Å². The predicted octanol–water partition coefficient (Wildman–Crippen LogP) is 0.895. The number of carboxylic acids is 1. The summed E-state index contributed by atoms with van der Waals surface area (Å²) in [7, 11) is 0. The number of hydrogen-bond acceptors (Lipinski definition) is 3. The van der Waals surface area contributed by atoms with Crippen LogP contribution in [0.25, 0.3) is 0 Å². The van der Waals surface area contributed by atoms with Gasteiger partial charge in [0.25, 0.3) is 0 Å². The Morgan fingerprint density at radius 3 is 2.89 bits per heavy atom. The number of rotatable bonds is 8. The molecule has 1 aromatic rings. The summed E-state index contributed by atoms with van der Waals surface area (Å²) in [6.45, 7) is 2.40. The number of carboxylic acid groups (broad SMARTS) is 1. The van der Waals surface area contributed by atoms with Gasteiger partial charge in [-0.05, 0) is 6.42 Å². The third-order valence-corrected chi connectivity index (χ3v) is 2.68. The van der Waals surface area contributed by atoms with Crippen molar-refractivity contribution < 1.29 is 14.7 Å². The summed E-state index contributed by atoms with van der Waals surface area (Å²) in [6, 6.07) is -1.28. The Balaban J connectivity index is 2.25. The first kappa shape index (κ1) is 15.0. The van der Waals surface area contributed by atoms with Gasteiger partial charge in [-0.15, -0.1) is 0 Å². The molecular formula is C12H20N4O3. The molecule has 0 fully saturated rings. The summed E-state index contributed by atoms with van der Waals surface area (Å²) in [4.78, 5) is 29.3. The van der Waals surface area contributed by atoms with Crippen molar-refractivity contribution in [2.75, 3.05) is 6.54 Å². The van der Waals surface area contributed by atoms with E-state index in [1.807, 2.05) is 6.92 Å². The van der Waals surface area contributed by atoms with Gasteiger partial charge in [-0.3, -0.25) is 0 Å². The van der Waals surface area contributed by atoms with Gasteiger partial charge in [0.1, 0.15) is 6.04 Å². The minimum atomic E-state index is -1.00. The Morgan fingerprint density at radius 1 is 1.53 bits per heavy atom. The second kappa shape index (κ2) is 8.12. The maximum absolute atomic E-state index is 11.5. The zero-order chi connectivity index (χ0) is 14.1. The molecule has 1 aromatic heterocycles. The van der Waals surface area contributed by atoms with Gasteiger partial charge < -0.3 is 20.7 Å². The minimum Gasteiger partial charge on any atom is -0.480 e. The molecule has 0 saturated heterocycles. The van der Waals surface area contributed by atoms with Gasteiger partial charge in [0.05, 0.1) is 6.33 Å². The van der Waals surface area contributed by atoms with Crippen LogP contribution in [-0.4, -0.2) is 39.7 Å². The average molecular weight is 268 g/mol. The minimum absolute atomic E-state index is 0.425. The number of urea groups is 1. The monoisotopic (exact) mass is 268 g/mol. The summed E-state index contributed by atoms with van der Waals surface area (Å²) in [5.41, 5.74) is 0.918. The molecule has 0 aliphatic carbocycles. The van der Waals surface area contributed by atoms with E-state index < -0.39 is 18.0 Å². The first-order chi connectivity index (χ1) is 9.13. The van der Waals surface area contributed by atoms with Gasteiger partial charge in [-0.2, -0.15) is 0 Å². The van der Waals surface area contributed by atoms with Crippen molar-refractivity contribution >= 4 is 12.0 Å². The van der Waals surface area contributed by atoms with Crippen molar-refractivity contribution in [3.8, 4) is 0 Å². The van der Waals surface area contributed by atoms with Gasteiger partial charge >= 0.3 is 12.0 Å². The van der Waals surface area contributed by atoms with Crippen LogP contribution in [0, 0.1) is 0 Å². The highest BCUT2D eigenvalue weighted by molar-refractivity contribution is 5.82. The van der Waals surface area contributed by atoms with Crippen molar-refractivity contribution in [3.63, 3.8) is 0 Å². The predicted molar refractivity (Wildman–Crippen MR) is 69.8 cm³/mol. The standard InChI is InChI=1S/C12H20N4O3/c1-2-3-4-10(11(17)18)16-12(19)14-6-5-9-7-13-8-15-9/h7-8,10H,2-6H2,1H3,(H,13,15)(H,17,18)(H2,14,16,19). The quantitative estimate of drug-likeness (QED) is 0.561. The number of hydrogen-bond donors (Lipinski definition) is 4. The van der Waals surface area contributed by atoms with Crippen LogP contribution in [0.4, 0.5) is 4.79 Å². The molecule has 106 valence electrons. The Morgan fingerprint density at radius 2 is 2.32 bits per heavy atom. The lowest BCUT2D eigenvalue weighted by molar-refractivity contribution is -0.139. The number of carbonyl (C=O) groups excluding carboxylic acids is 1. The molecule has 1 rings (SSSR count). The molecule has 0 spiro atoms. The molecule has 0 aliphatic rings. The molecule has 0 saturated carbocycles. The number of nitrogens with one attached hydrogen (secondary N) is 3. The summed E-state index contributed by atoms with van der Waals surface area (Å²) >= 11 is 0. The SMILES string of the molecule is CCCCC(NC(=O)NCCc1cnc[nH]1)C(=O)O. The van der Waals surface area contributed by atoms with Crippen LogP contribution in [0.5, 0.6) is 0 Å². The summed E-state index contributed by atoms with van der Waals surface area (Å²) < 4.78 is 0. The largest absolute Gasteiger partial charge is 0.480 e. The third-order valence-electron chi connectivity index (χ3n) is 2.68. The van der Waals surface area contributed by atoms with Crippen molar-refractivity contribution in [1.29, 1.82) is 0 Å². The lowest BCUT2D eigenvalue weighted by Gasteiger charge is -2.14. The topological polar surface area (TPSA) is 107 Å². The van der Waals surface area contributed by atoms with E-state index in [1.54, 1.807) is 12.5 Å². The van der Waals surface area contributed by atoms with Crippen LogP contribution < -0.4 is 10.6 Å². The van der Waals surface area contributed by atoms with Gasteiger partial charge in [0.2, 0.25) is 0 Å². The number of imidazole rings is 1. The highest BCUT2D eigenvalue weighted by Gasteiger charge is 2.18. The van der Waals surface area contributed by atoms with E-state index in [-0.39, 0.29) is 0 Å². The zero-order valence-corrected chi connectivity index (χ0v) is 11.0. The maximum Gasteiger partial charge on any atom is 0.326 e. The van der Waals surface area contributed by atoms with Crippen LogP contribution >= 0.6 is 0 Å². The third kappa shape index (κ3) is 5.89. The number of aromatic amines is 1. The molecule has 19 heavy (non-hydrogen) atoms. The van der Waals surface area contributed by atoms with E-state index in [2.05, 4.69) is 20.6 Å². The van der Waals surface area contributed by atoms with Gasteiger partial charge in [0.15, 0.2) is 0 Å². The highest BCUT2D eigenvalue weighted by Crippen LogP contribution is 2.00. The number of nitrogens with zero attached hydrogens (tertiary/aromatic N) is 1. The molecule has 1 unspecified atom stereocenters. The molecule has 7 heteroatoms. The van der Waals surface area contributed by atoms with E-state index >= 15 is 0 Å².